The first-order valence-electron chi connectivity index (χ1n) is 16.8. The van der Waals surface area contributed by atoms with Crippen LogP contribution in [0.1, 0.15) is 71.6 Å². The molecule has 2 N–H and O–H groups in total. The number of hydrogen-bond donors (Lipinski definition) is 2. The van der Waals surface area contributed by atoms with Crippen LogP contribution >= 0.6 is 0 Å². The molecule has 0 saturated heterocycles. The fourth-order valence-electron chi connectivity index (χ4n) is 4.99. The minimum Gasteiger partial charge on any atom is -0.355 e. The van der Waals surface area contributed by atoms with Gasteiger partial charge >= 0.3 is 0 Å². The van der Waals surface area contributed by atoms with Crippen molar-refractivity contribution >= 4 is 28.1 Å². The minimum absolute atomic E-state index is 0.864. The van der Waals surface area contributed by atoms with Crippen molar-refractivity contribution in [1.82, 2.24) is 5.32 Å². The molecule has 0 aromatic heterocycles. The van der Waals surface area contributed by atoms with E-state index in [9.17, 15) is 0 Å². The molecule has 0 radical (unpaired) electrons. The molecule has 3 rings (SSSR count). The molecule has 0 aliphatic rings. The van der Waals surface area contributed by atoms with Gasteiger partial charge in [0.2, 0.25) is 0 Å². The van der Waals surface area contributed by atoms with Gasteiger partial charge in [-0.1, -0.05) is 144 Å². The van der Waals surface area contributed by atoms with Gasteiger partial charge < -0.3 is 10.6 Å². The minimum atomic E-state index is 0.864. The number of hydrogen-bond acceptors (Lipinski definition) is 2. The van der Waals surface area contributed by atoms with Crippen molar-refractivity contribution in [2.75, 3.05) is 5.32 Å². The van der Waals surface area contributed by atoms with Crippen LogP contribution < -0.4 is 10.6 Å². The lowest BCUT2D eigenvalue weighted by Gasteiger charge is -2.14. The second kappa shape index (κ2) is 21.5. The molecule has 0 fully saturated rings. The molecule has 0 atom stereocenters. The van der Waals surface area contributed by atoms with Gasteiger partial charge in [-0.05, 0) is 104 Å². The summed E-state index contributed by atoms with van der Waals surface area (Å²) < 4.78 is 0. The highest BCUT2D eigenvalue weighted by atomic mass is 14.9. The third-order valence-corrected chi connectivity index (χ3v) is 7.57. The monoisotopic (exact) mass is 634 g/mol. The van der Waals surface area contributed by atoms with Crippen molar-refractivity contribution in [3.05, 3.63) is 199 Å². The van der Waals surface area contributed by atoms with E-state index in [0.29, 0.717) is 0 Å². The van der Waals surface area contributed by atoms with Gasteiger partial charge in [0.15, 0.2) is 0 Å². The number of rotatable bonds is 15. The van der Waals surface area contributed by atoms with Crippen molar-refractivity contribution < 1.29 is 0 Å². The fraction of sp³-hybridized carbons (Fsp3) is 0.174. The first-order chi connectivity index (χ1) is 23.3. The molecule has 48 heavy (non-hydrogen) atoms. The number of anilines is 2. The Hall–Kier alpha value is -5.34. The Labute approximate surface area is 291 Å². The van der Waals surface area contributed by atoms with Crippen LogP contribution in [-0.2, 0) is 0 Å². The molecule has 0 bridgehead atoms. The summed E-state index contributed by atoms with van der Waals surface area (Å²) in [5.74, 6) is 0. The zero-order chi connectivity index (χ0) is 35.3. The summed E-state index contributed by atoms with van der Waals surface area (Å²) in [5, 5.41) is 7.11. The molecule has 0 spiro atoms. The first kappa shape index (κ1) is 38.8. The molecule has 0 saturated carbocycles. The van der Waals surface area contributed by atoms with Crippen molar-refractivity contribution in [2.24, 2.45) is 0 Å². The Morgan fingerprint density at radius 1 is 0.688 bits per heavy atom. The van der Waals surface area contributed by atoms with Crippen LogP contribution in [0.3, 0.4) is 0 Å². The van der Waals surface area contributed by atoms with E-state index in [-0.39, 0.29) is 0 Å². The molecular formula is C46H54N2. The van der Waals surface area contributed by atoms with Gasteiger partial charge in [0, 0.05) is 33.9 Å². The Morgan fingerprint density at radius 2 is 1.33 bits per heavy atom. The highest BCUT2D eigenvalue weighted by Crippen LogP contribution is 2.28. The van der Waals surface area contributed by atoms with Crippen LogP contribution in [0.25, 0.3) is 16.7 Å². The Kier molecular flexibility index (Phi) is 17.4. The largest absolute Gasteiger partial charge is 0.355 e. The highest BCUT2D eigenvalue weighted by molar-refractivity contribution is 5.80. The normalized spacial score (nSPS) is 13.3. The van der Waals surface area contributed by atoms with Gasteiger partial charge in [-0.2, -0.15) is 0 Å². The molecule has 0 amide bonds. The van der Waals surface area contributed by atoms with Gasteiger partial charge in [0.1, 0.15) is 0 Å². The summed E-state index contributed by atoms with van der Waals surface area (Å²) in [5.41, 5.74) is 13.0. The van der Waals surface area contributed by atoms with Crippen LogP contribution in [0.2, 0.25) is 0 Å². The lowest BCUT2D eigenvalue weighted by Crippen LogP contribution is -2.12. The van der Waals surface area contributed by atoms with Crippen LogP contribution in [0, 0.1) is 0 Å². The quantitative estimate of drug-likeness (QED) is 0.163. The topological polar surface area (TPSA) is 24.1 Å². The van der Waals surface area contributed by atoms with Crippen molar-refractivity contribution in [2.45, 2.75) is 54.9 Å². The summed E-state index contributed by atoms with van der Waals surface area (Å²) in [6.45, 7) is 26.7. The summed E-state index contributed by atoms with van der Waals surface area (Å²) >= 11 is 0. The molecule has 248 valence electrons. The van der Waals surface area contributed by atoms with Gasteiger partial charge in [0.05, 0.1) is 0 Å². The van der Waals surface area contributed by atoms with E-state index in [0.717, 1.165) is 51.5 Å². The number of para-hydroxylation sites is 1. The molecule has 2 nitrogen and oxygen atoms in total. The summed E-state index contributed by atoms with van der Waals surface area (Å²) in [6.07, 6.45) is 21.4. The fourth-order valence-corrected chi connectivity index (χ4v) is 4.99. The number of benzene rings is 3. The van der Waals surface area contributed by atoms with Crippen molar-refractivity contribution in [3.63, 3.8) is 0 Å². The lowest BCUT2D eigenvalue weighted by molar-refractivity contribution is 1.03. The Balaban J connectivity index is 0.00000392. The maximum Gasteiger partial charge on any atom is 0.0460 e. The van der Waals surface area contributed by atoms with Crippen LogP contribution in [0.5, 0.6) is 0 Å². The second-order valence-electron chi connectivity index (χ2n) is 10.9. The smallest absolute Gasteiger partial charge is 0.0460 e. The Bertz CT molecular complexity index is 1720. The highest BCUT2D eigenvalue weighted by Gasteiger charge is 2.07. The predicted octanol–water partition coefficient (Wildman–Crippen LogP) is 13.6. The van der Waals surface area contributed by atoms with Gasteiger partial charge in [-0.25, -0.2) is 0 Å². The molecule has 0 unspecified atom stereocenters. The van der Waals surface area contributed by atoms with Crippen LogP contribution in [0.4, 0.5) is 11.4 Å². The maximum absolute atomic E-state index is 4.10. The lowest BCUT2D eigenvalue weighted by atomic mass is 10.0. The molecule has 0 aliphatic heterocycles. The average Bonchev–Trinajstić information content (AvgIpc) is 3.13. The van der Waals surface area contributed by atoms with Crippen molar-refractivity contribution in [1.29, 1.82) is 0 Å². The molecule has 0 aliphatic carbocycles. The zero-order valence-electron chi connectivity index (χ0n) is 30.1. The molecule has 3 aromatic rings. The van der Waals surface area contributed by atoms with Crippen LogP contribution in [0.15, 0.2) is 182 Å². The van der Waals surface area contributed by atoms with E-state index >= 15 is 0 Å². The third-order valence-electron chi connectivity index (χ3n) is 7.57. The van der Waals surface area contributed by atoms with Gasteiger partial charge in [-0.3, -0.25) is 0 Å². The maximum atomic E-state index is 4.10. The van der Waals surface area contributed by atoms with Crippen molar-refractivity contribution in [3.8, 4) is 0 Å². The molecule has 0 heterocycles. The molecule has 3 aromatic carbocycles. The van der Waals surface area contributed by atoms with E-state index < -0.39 is 0 Å². The van der Waals surface area contributed by atoms with Gasteiger partial charge in [-0.15, -0.1) is 0 Å². The van der Waals surface area contributed by atoms with Crippen LogP contribution in [-0.4, -0.2) is 0 Å². The van der Waals surface area contributed by atoms with E-state index in [2.05, 4.69) is 162 Å². The molecule has 2 heteroatoms. The summed E-state index contributed by atoms with van der Waals surface area (Å²) in [4.78, 5) is 0. The Morgan fingerprint density at radius 3 is 1.94 bits per heavy atom. The SMILES string of the molecule is C=C/C(N/C(C=C)=C/C=C(\C)c1ccccc1)=C(C=C)/C(C)=C/C=C(\C)c1ccccc1Nc1ccc(C(/C=C\C)=C/CC)cc1.CC. The van der Waals surface area contributed by atoms with E-state index in [1.54, 1.807) is 0 Å². The zero-order valence-corrected chi connectivity index (χ0v) is 30.1. The predicted molar refractivity (Wildman–Crippen MR) is 217 cm³/mol. The van der Waals surface area contributed by atoms with Gasteiger partial charge in [0.25, 0.3) is 0 Å². The third kappa shape index (κ3) is 11.8. The number of nitrogens with one attached hydrogen (secondary N) is 2. The summed E-state index contributed by atoms with van der Waals surface area (Å²) in [6, 6.07) is 27.3. The molecular weight excluding hydrogens is 581 g/mol. The first-order valence-corrected chi connectivity index (χ1v) is 16.8. The standard InChI is InChI=1S/C44H48N2.C2H6/c1-9-19-37(20-10-2)38-28-31-40(32-29-38)46-44-24-18-17-23-42(44)35(8)26-25-34(7)41(12-4)43(13-5)45-39(11-3)30-27-33(6)36-21-15-14-16-22-36;1-2/h9,11-32,45-46H,3-5,10H2,1-2,6-8H3;1-2H3/b19-9-,33-27+,34-25+,35-26+,37-20+,39-30+,43-41-;. The van der Waals surface area contributed by atoms with E-state index in [1.165, 1.54) is 22.3 Å². The second-order valence-corrected chi connectivity index (χ2v) is 10.9. The van der Waals surface area contributed by atoms with E-state index in [4.69, 9.17) is 0 Å². The van der Waals surface area contributed by atoms with E-state index in [1.807, 2.05) is 56.4 Å². The average molecular weight is 635 g/mol. The summed E-state index contributed by atoms with van der Waals surface area (Å²) in [7, 11) is 0. The number of allylic oxidation sites excluding steroid dienone is 15.